The average molecular weight is 609 g/mol. The molecule has 1 saturated heterocycles. The average Bonchev–Trinajstić information content (AvgIpc) is 2.69. The van der Waals surface area contributed by atoms with E-state index in [-0.39, 0.29) is 42.3 Å². The zero-order chi connectivity index (χ0) is 25.9. The molecule has 11 heteroatoms. The molecule has 0 bridgehead atoms. The summed E-state index contributed by atoms with van der Waals surface area (Å²) in [7, 11) is -2.02. The van der Waals surface area contributed by atoms with Crippen LogP contribution in [0.3, 0.4) is 0 Å². The number of para-hydroxylation sites is 1. The normalized spacial score (nSPS) is 19.6. The lowest BCUT2D eigenvalue weighted by Gasteiger charge is -2.42. The Morgan fingerprint density at radius 1 is 1.24 bits per heavy atom. The predicted octanol–water partition coefficient (Wildman–Crippen LogP) is 5.60. The van der Waals surface area contributed by atoms with E-state index >= 15 is 0 Å². The molecule has 1 aromatic carbocycles. The molecular weight excluding hydrogens is 571 g/mol. The van der Waals surface area contributed by atoms with Crippen molar-refractivity contribution in [3.63, 3.8) is 0 Å². The number of benzene rings is 1. The summed E-state index contributed by atoms with van der Waals surface area (Å²) in [6.07, 6.45) is -0.905. The van der Waals surface area contributed by atoms with Crippen molar-refractivity contribution in [3.05, 3.63) is 31.9 Å². The number of nitro benzene ring substituents is 1. The Bertz CT molecular complexity index is 883. The monoisotopic (exact) mass is 608 g/mol. The summed E-state index contributed by atoms with van der Waals surface area (Å²) in [5.74, 6) is 0.198. The highest BCUT2D eigenvalue weighted by atomic mass is 127. The number of hydrogen-bond acceptors (Lipinski definition) is 7. The zero-order valence-corrected chi connectivity index (χ0v) is 24.5. The van der Waals surface area contributed by atoms with Gasteiger partial charge in [0.25, 0.3) is 0 Å². The molecule has 0 unspecified atom stereocenters. The summed E-state index contributed by atoms with van der Waals surface area (Å²) in [6, 6.07) is 4.46. The van der Waals surface area contributed by atoms with Gasteiger partial charge in [-0.3, -0.25) is 15.0 Å². The minimum Gasteiger partial charge on any atom is -0.483 e. The highest BCUT2D eigenvalue weighted by Gasteiger charge is 2.41. The first kappa shape index (κ1) is 28.8. The van der Waals surface area contributed by atoms with Gasteiger partial charge in [0, 0.05) is 6.07 Å². The van der Waals surface area contributed by atoms with Crippen LogP contribution in [-0.2, 0) is 13.9 Å². The van der Waals surface area contributed by atoms with Gasteiger partial charge in [-0.1, -0.05) is 26.8 Å². The van der Waals surface area contributed by atoms with E-state index in [1.54, 1.807) is 17.0 Å². The number of rotatable bonds is 7. The van der Waals surface area contributed by atoms with E-state index in [9.17, 15) is 14.9 Å². The quantitative estimate of drug-likeness (QED) is 0.172. The first-order valence-electron chi connectivity index (χ1n) is 11.3. The minimum atomic E-state index is -2.02. The van der Waals surface area contributed by atoms with Crippen molar-refractivity contribution < 1.29 is 28.4 Å². The van der Waals surface area contributed by atoms with Gasteiger partial charge >= 0.3 is 11.8 Å². The summed E-state index contributed by atoms with van der Waals surface area (Å²) >= 11 is 2.00. The van der Waals surface area contributed by atoms with Gasteiger partial charge in [0.2, 0.25) is 5.75 Å². The standard InChI is InChI=1S/C23H37IN2O7Si/c1-22(2,3)33-21(27)25-12-17(15-31-20-18(24)10-9-11-19(20)26(28)29)30-13-16(25)14-32-34(7,8)23(4,5)6/h9-11,16-17H,12-15H2,1-8H3/t16-,17-/m0/s1. The maximum Gasteiger partial charge on any atom is 0.410 e. The lowest BCUT2D eigenvalue weighted by molar-refractivity contribution is -0.386. The summed E-state index contributed by atoms with van der Waals surface area (Å²) in [5.41, 5.74) is -0.750. The molecule has 0 saturated carbocycles. The van der Waals surface area contributed by atoms with Crippen LogP contribution in [0.1, 0.15) is 41.5 Å². The molecule has 0 spiro atoms. The number of halogens is 1. The molecule has 9 nitrogen and oxygen atoms in total. The number of ether oxygens (including phenoxy) is 3. The fourth-order valence-corrected chi connectivity index (χ4v) is 4.70. The van der Waals surface area contributed by atoms with E-state index < -0.39 is 31.0 Å². The molecule has 34 heavy (non-hydrogen) atoms. The molecule has 1 aliphatic rings. The van der Waals surface area contributed by atoms with Crippen molar-refractivity contribution >= 4 is 42.7 Å². The summed E-state index contributed by atoms with van der Waals surface area (Å²) in [5, 5.41) is 11.4. The molecule has 0 aromatic heterocycles. The Morgan fingerprint density at radius 3 is 2.44 bits per heavy atom. The third kappa shape index (κ3) is 7.79. The Balaban J connectivity index is 2.14. The highest BCUT2D eigenvalue weighted by Crippen LogP contribution is 2.37. The first-order chi connectivity index (χ1) is 15.5. The molecule has 2 rings (SSSR count). The lowest BCUT2D eigenvalue weighted by Crippen LogP contribution is -2.57. The van der Waals surface area contributed by atoms with Crippen molar-refractivity contribution in [2.45, 2.75) is 77.4 Å². The molecule has 1 amide bonds. The van der Waals surface area contributed by atoms with E-state index in [0.717, 1.165) is 0 Å². The number of carbonyl (C=O) groups excluding carboxylic acids is 1. The fourth-order valence-electron chi connectivity index (χ4n) is 3.02. The van der Waals surface area contributed by atoms with Gasteiger partial charge in [-0.2, -0.15) is 0 Å². The van der Waals surface area contributed by atoms with Gasteiger partial charge in [-0.15, -0.1) is 0 Å². The predicted molar refractivity (Wildman–Crippen MR) is 141 cm³/mol. The van der Waals surface area contributed by atoms with E-state index in [0.29, 0.717) is 10.2 Å². The number of carbonyl (C=O) groups is 1. The third-order valence-electron chi connectivity index (χ3n) is 5.99. The molecule has 1 aromatic rings. The summed E-state index contributed by atoms with van der Waals surface area (Å²) < 4.78 is 24.5. The van der Waals surface area contributed by atoms with Crippen molar-refractivity contribution in [1.82, 2.24) is 4.90 Å². The van der Waals surface area contributed by atoms with Crippen molar-refractivity contribution in [2.75, 3.05) is 26.4 Å². The molecular formula is C23H37IN2O7Si. The second-order valence-electron chi connectivity index (χ2n) is 11.0. The molecule has 1 aliphatic heterocycles. The SMILES string of the molecule is CC(C)(C)OC(=O)N1C[C@@H](COc2c(I)cccc2[N+](=O)[O-])OC[C@H]1CO[Si](C)(C)C(C)(C)C. The van der Waals surface area contributed by atoms with Crippen LogP contribution in [0.5, 0.6) is 5.75 Å². The van der Waals surface area contributed by atoms with Crippen molar-refractivity contribution in [3.8, 4) is 5.75 Å². The Kier molecular flexibility index (Phi) is 9.39. The lowest BCUT2D eigenvalue weighted by atomic mass is 10.2. The van der Waals surface area contributed by atoms with E-state index in [4.69, 9.17) is 18.6 Å². The van der Waals surface area contributed by atoms with Crippen LogP contribution in [0.15, 0.2) is 18.2 Å². The van der Waals surface area contributed by atoms with Crippen LogP contribution < -0.4 is 4.74 Å². The van der Waals surface area contributed by atoms with Gasteiger partial charge in [-0.25, -0.2) is 4.79 Å². The molecule has 0 aliphatic carbocycles. The van der Waals surface area contributed by atoms with Crippen molar-refractivity contribution in [1.29, 1.82) is 0 Å². The highest BCUT2D eigenvalue weighted by molar-refractivity contribution is 14.1. The first-order valence-corrected chi connectivity index (χ1v) is 15.3. The Hall–Kier alpha value is -1.44. The van der Waals surface area contributed by atoms with Gasteiger partial charge in [0.15, 0.2) is 8.32 Å². The van der Waals surface area contributed by atoms with Crippen LogP contribution in [0.25, 0.3) is 0 Å². The third-order valence-corrected chi connectivity index (χ3v) is 11.3. The number of morpholine rings is 1. The molecule has 2 atom stereocenters. The minimum absolute atomic E-state index is 0.0389. The molecule has 1 heterocycles. The Labute approximate surface area is 216 Å². The van der Waals surface area contributed by atoms with Gasteiger partial charge < -0.3 is 18.6 Å². The number of nitrogens with zero attached hydrogens (tertiary/aromatic N) is 2. The van der Waals surface area contributed by atoms with Crippen LogP contribution in [0.2, 0.25) is 18.1 Å². The fraction of sp³-hybridized carbons (Fsp3) is 0.696. The maximum absolute atomic E-state index is 13.0. The largest absolute Gasteiger partial charge is 0.483 e. The van der Waals surface area contributed by atoms with Gasteiger partial charge in [-0.05, 0) is 67.6 Å². The number of amides is 1. The maximum atomic E-state index is 13.0. The zero-order valence-electron chi connectivity index (χ0n) is 21.3. The molecule has 192 valence electrons. The van der Waals surface area contributed by atoms with Crippen LogP contribution in [0.4, 0.5) is 10.5 Å². The van der Waals surface area contributed by atoms with Gasteiger partial charge in [0.05, 0.1) is 34.3 Å². The van der Waals surface area contributed by atoms with E-state index in [2.05, 4.69) is 33.9 Å². The van der Waals surface area contributed by atoms with E-state index in [1.165, 1.54) is 6.07 Å². The van der Waals surface area contributed by atoms with Gasteiger partial charge in [0.1, 0.15) is 18.3 Å². The molecule has 1 fully saturated rings. The van der Waals surface area contributed by atoms with Crippen LogP contribution in [-0.4, -0.2) is 68.3 Å². The second kappa shape index (κ2) is 11.1. The van der Waals surface area contributed by atoms with Crippen LogP contribution >= 0.6 is 22.6 Å². The number of nitro groups is 1. The second-order valence-corrected chi connectivity index (χ2v) is 16.9. The summed E-state index contributed by atoms with van der Waals surface area (Å²) in [4.78, 5) is 25.6. The molecule has 0 radical (unpaired) electrons. The Morgan fingerprint density at radius 2 is 1.88 bits per heavy atom. The van der Waals surface area contributed by atoms with Crippen LogP contribution in [0, 0.1) is 13.7 Å². The molecule has 0 N–H and O–H groups in total. The smallest absolute Gasteiger partial charge is 0.410 e. The topological polar surface area (TPSA) is 100 Å². The summed E-state index contributed by atoms with van der Waals surface area (Å²) in [6.45, 7) is 17.2. The van der Waals surface area contributed by atoms with Crippen molar-refractivity contribution in [2.24, 2.45) is 0 Å². The van der Waals surface area contributed by atoms with E-state index in [1.807, 2.05) is 43.4 Å². The number of hydrogen-bond donors (Lipinski definition) is 0.